The first-order valence-corrected chi connectivity index (χ1v) is 9.97. The van der Waals surface area contributed by atoms with Crippen LogP contribution in [0, 0.1) is 18.8 Å². The van der Waals surface area contributed by atoms with E-state index in [0.717, 1.165) is 58.4 Å². The van der Waals surface area contributed by atoms with Crippen LogP contribution in [0.3, 0.4) is 0 Å². The lowest BCUT2D eigenvalue weighted by Gasteiger charge is -2.36. The minimum Gasteiger partial charge on any atom is -0.297 e. The summed E-state index contributed by atoms with van der Waals surface area (Å²) in [6, 6.07) is 8.67. The number of nitrogens with zero attached hydrogens (tertiary/aromatic N) is 3. The zero-order valence-electron chi connectivity index (χ0n) is 15.7. The van der Waals surface area contributed by atoms with Crippen molar-refractivity contribution in [3.8, 4) is 0 Å². The van der Waals surface area contributed by atoms with E-state index in [1.54, 1.807) is 4.90 Å². The first kappa shape index (κ1) is 17.7. The lowest BCUT2D eigenvalue weighted by molar-refractivity contribution is -0.142. The fraction of sp³-hybridized carbons (Fsp3) is 0.619. The molecule has 4 rings (SSSR count). The second kappa shape index (κ2) is 7.49. The Kier molecular flexibility index (Phi) is 5.09. The molecule has 1 aromatic rings. The Balaban J connectivity index is 1.30. The van der Waals surface area contributed by atoms with Gasteiger partial charge in [-0.2, -0.15) is 0 Å². The maximum Gasteiger partial charge on any atom is 0.234 e. The first-order chi connectivity index (χ1) is 12.6. The molecule has 2 heterocycles. The molecule has 2 amide bonds. The Morgan fingerprint density at radius 1 is 0.923 bits per heavy atom. The van der Waals surface area contributed by atoms with Crippen molar-refractivity contribution < 1.29 is 9.59 Å². The highest BCUT2D eigenvalue weighted by molar-refractivity contribution is 6.05. The van der Waals surface area contributed by atoms with E-state index >= 15 is 0 Å². The summed E-state index contributed by atoms with van der Waals surface area (Å²) in [5.74, 6) is 0.112. The number of carbonyl (C=O) groups is 2. The van der Waals surface area contributed by atoms with Crippen LogP contribution in [0.15, 0.2) is 24.3 Å². The van der Waals surface area contributed by atoms with Gasteiger partial charge in [-0.15, -0.1) is 0 Å². The Morgan fingerprint density at radius 2 is 1.54 bits per heavy atom. The van der Waals surface area contributed by atoms with Gasteiger partial charge in [0, 0.05) is 32.7 Å². The smallest absolute Gasteiger partial charge is 0.234 e. The van der Waals surface area contributed by atoms with Crippen molar-refractivity contribution in [2.75, 3.05) is 32.8 Å². The standard InChI is InChI=1S/C21H29N3O2/c1-16-5-4-6-17(13-16)14-22-9-11-23(12-10-22)15-24-20(25)18-7-2-3-8-19(18)21(24)26/h4-6,13,18-19H,2-3,7-12,14-15H2,1H3/t18-,19+. The molecule has 2 saturated heterocycles. The maximum absolute atomic E-state index is 12.6. The molecule has 5 heteroatoms. The monoisotopic (exact) mass is 355 g/mol. The number of imide groups is 1. The molecule has 0 unspecified atom stereocenters. The minimum atomic E-state index is -0.0288. The summed E-state index contributed by atoms with van der Waals surface area (Å²) in [6.45, 7) is 7.39. The van der Waals surface area contributed by atoms with Gasteiger partial charge in [0.25, 0.3) is 0 Å². The summed E-state index contributed by atoms with van der Waals surface area (Å²) in [7, 11) is 0. The quantitative estimate of drug-likeness (QED) is 0.777. The lowest BCUT2D eigenvalue weighted by Crippen LogP contribution is -2.51. The lowest BCUT2D eigenvalue weighted by atomic mass is 9.81. The van der Waals surface area contributed by atoms with Gasteiger partial charge in [-0.25, -0.2) is 0 Å². The predicted molar refractivity (Wildman–Crippen MR) is 100 cm³/mol. The second-order valence-electron chi connectivity index (χ2n) is 8.13. The summed E-state index contributed by atoms with van der Waals surface area (Å²) >= 11 is 0. The van der Waals surface area contributed by atoms with Crippen molar-refractivity contribution in [3.63, 3.8) is 0 Å². The summed E-state index contributed by atoms with van der Waals surface area (Å²) < 4.78 is 0. The molecule has 3 fully saturated rings. The SMILES string of the molecule is Cc1cccc(CN2CCN(CN3C(=O)[C@H]4CCCC[C@H]4C3=O)CC2)c1. The molecule has 1 aromatic carbocycles. The molecule has 0 N–H and O–H groups in total. The van der Waals surface area contributed by atoms with Gasteiger partial charge >= 0.3 is 0 Å². The Bertz CT molecular complexity index is 658. The van der Waals surface area contributed by atoms with Gasteiger partial charge in [-0.05, 0) is 25.3 Å². The van der Waals surface area contributed by atoms with Crippen molar-refractivity contribution in [3.05, 3.63) is 35.4 Å². The number of rotatable bonds is 4. The predicted octanol–water partition coefficient (Wildman–Crippen LogP) is 2.25. The van der Waals surface area contributed by atoms with Crippen LogP contribution in [0.2, 0.25) is 0 Å². The fourth-order valence-corrected chi connectivity index (χ4v) is 4.73. The van der Waals surface area contributed by atoms with Gasteiger partial charge in [0.2, 0.25) is 11.8 Å². The van der Waals surface area contributed by atoms with E-state index in [4.69, 9.17) is 0 Å². The summed E-state index contributed by atoms with van der Waals surface area (Å²) in [5.41, 5.74) is 2.65. The summed E-state index contributed by atoms with van der Waals surface area (Å²) in [4.78, 5) is 31.5. The number of amides is 2. The van der Waals surface area contributed by atoms with Crippen molar-refractivity contribution in [1.29, 1.82) is 0 Å². The Hall–Kier alpha value is -1.72. The van der Waals surface area contributed by atoms with E-state index in [1.165, 1.54) is 11.1 Å². The molecule has 1 saturated carbocycles. The van der Waals surface area contributed by atoms with Gasteiger partial charge < -0.3 is 0 Å². The van der Waals surface area contributed by atoms with E-state index in [1.807, 2.05) is 0 Å². The number of carbonyl (C=O) groups excluding carboxylic acids is 2. The minimum absolute atomic E-state index is 0.0288. The largest absolute Gasteiger partial charge is 0.297 e. The summed E-state index contributed by atoms with van der Waals surface area (Å²) in [6.07, 6.45) is 3.98. The molecule has 140 valence electrons. The molecule has 26 heavy (non-hydrogen) atoms. The van der Waals surface area contributed by atoms with Gasteiger partial charge in [0.1, 0.15) is 0 Å². The summed E-state index contributed by atoms with van der Waals surface area (Å²) in [5, 5.41) is 0. The molecule has 0 spiro atoms. The van der Waals surface area contributed by atoms with E-state index < -0.39 is 0 Å². The van der Waals surface area contributed by atoms with Crippen molar-refractivity contribution in [1.82, 2.24) is 14.7 Å². The highest BCUT2D eigenvalue weighted by Gasteiger charge is 2.48. The molecular formula is C21H29N3O2. The highest BCUT2D eigenvalue weighted by atomic mass is 16.2. The number of aryl methyl sites for hydroxylation is 1. The van der Waals surface area contributed by atoms with Gasteiger partial charge in [-0.1, -0.05) is 42.7 Å². The molecule has 2 atom stereocenters. The van der Waals surface area contributed by atoms with Crippen LogP contribution in [-0.4, -0.2) is 59.4 Å². The van der Waals surface area contributed by atoms with Crippen LogP contribution < -0.4 is 0 Å². The average Bonchev–Trinajstić information content (AvgIpc) is 2.89. The van der Waals surface area contributed by atoms with E-state index in [9.17, 15) is 9.59 Å². The molecular weight excluding hydrogens is 326 g/mol. The number of fused-ring (bicyclic) bond motifs is 1. The maximum atomic E-state index is 12.6. The normalized spacial score (nSPS) is 27.8. The highest BCUT2D eigenvalue weighted by Crippen LogP contribution is 2.38. The third-order valence-corrected chi connectivity index (χ3v) is 6.23. The second-order valence-corrected chi connectivity index (χ2v) is 8.13. The average molecular weight is 355 g/mol. The number of hydrogen-bond donors (Lipinski definition) is 0. The third-order valence-electron chi connectivity index (χ3n) is 6.23. The zero-order valence-corrected chi connectivity index (χ0v) is 15.7. The third kappa shape index (κ3) is 3.55. The number of piperazine rings is 1. The van der Waals surface area contributed by atoms with Crippen LogP contribution in [-0.2, 0) is 16.1 Å². The molecule has 0 radical (unpaired) electrons. The Labute approximate surface area is 155 Å². The number of likely N-dealkylation sites (tertiary alicyclic amines) is 1. The van der Waals surface area contributed by atoms with Crippen molar-refractivity contribution in [2.45, 2.75) is 39.2 Å². The first-order valence-electron chi connectivity index (χ1n) is 9.97. The Morgan fingerprint density at radius 3 is 2.15 bits per heavy atom. The van der Waals surface area contributed by atoms with E-state index in [2.05, 4.69) is 41.0 Å². The van der Waals surface area contributed by atoms with E-state index in [0.29, 0.717) is 6.67 Å². The van der Waals surface area contributed by atoms with Crippen molar-refractivity contribution in [2.24, 2.45) is 11.8 Å². The number of benzene rings is 1. The zero-order chi connectivity index (χ0) is 18.1. The number of hydrogen-bond acceptors (Lipinski definition) is 4. The van der Waals surface area contributed by atoms with E-state index in [-0.39, 0.29) is 23.7 Å². The molecule has 3 aliphatic rings. The van der Waals surface area contributed by atoms with Crippen molar-refractivity contribution >= 4 is 11.8 Å². The van der Waals surface area contributed by atoms with Crippen LogP contribution in [0.25, 0.3) is 0 Å². The van der Waals surface area contributed by atoms with Crippen LogP contribution >= 0.6 is 0 Å². The molecule has 1 aliphatic carbocycles. The fourth-order valence-electron chi connectivity index (χ4n) is 4.73. The molecule has 2 aliphatic heterocycles. The van der Waals surface area contributed by atoms with Crippen LogP contribution in [0.5, 0.6) is 0 Å². The topological polar surface area (TPSA) is 43.9 Å². The van der Waals surface area contributed by atoms with Gasteiger partial charge in [-0.3, -0.25) is 24.3 Å². The molecule has 0 aromatic heterocycles. The van der Waals surface area contributed by atoms with Gasteiger partial charge in [0.15, 0.2) is 0 Å². The molecule has 0 bridgehead atoms. The van der Waals surface area contributed by atoms with Crippen LogP contribution in [0.4, 0.5) is 0 Å². The van der Waals surface area contributed by atoms with Crippen LogP contribution in [0.1, 0.15) is 36.8 Å². The van der Waals surface area contributed by atoms with Gasteiger partial charge in [0.05, 0.1) is 18.5 Å². The molecule has 5 nitrogen and oxygen atoms in total.